The molecule has 0 saturated carbocycles. The second-order valence-electron chi connectivity index (χ2n) is 5.29. The molecule has 0 saturated heterocycles. The highest BCUT2D eigenvalue weighted by Gasteiger charge is 2.08. The average Bonchev–Trinajstić information content (AvgIpc) is 2.48. The number of halogens is 2. The third-order valence-corrected chi connectivity index (χ3v) is 2.88. The lowest BCUT2D eigenvalue weighted by Gasteiger charge is -2.09. The summed E-state index contributed by atoms with van der Waals surface area (Å²) in [7, 11) is 0. The summed E-state index contributed by atoms with van der Waals surface area (Å²) in [5.41, 5.74) is 0.928. The number of amides is 1. The van der Waals surface area contributed by atoms with Crippen molar-refractivity contribution in [1.29, 1.82) is 0 Å². The van der Waals surface area contributed by atoms with Crippen molar-refractivity contribution < 1.29 is 13.6 Å². The van der Waals surface area contributed by atoms with Gasteiger partial charge in [0.2, 0.25) is 0 Å². The van der Waals surface area contributed by atoms with Crippen LogP contribution in [0, 0.1) is 17.6 Å². The van der Waals surface area contributed by atoms with E-state index in [0.717, 1.165) is 12.1 Å². The van der Waals surface area contributed by atoms with Crippen molar-refractivity contribution in [2.45, 2.75) is 13.8 Å². The zero-order valence-electron chi connectivity index (χ0n) is 12.4. The van der Waals surface area contributed by atoms with Gasteiger partial charge in [-0.3, -0.25) is 4.79 Å². The van der Waals surface area contributed by atoms with Crippen LogP contribution in [-0.2, 0) is 0 Å². The van der Waals surface area contributed by atoms with Gasteiger partial charge in [-0.25, -0.2) is 13.8 Å². The summed E-state index contributed by atoms with van der Waals surface area (Å²) in [6, 6.07) is 6.41. The van der Waals surface area contributed by atoms with E-state index in [1.54, 1.807) is 12.1 Å². The van der Waals surface area contributed by atoms with Gasteiger partial charge < -0.3 is 10.6 Å². The van der Waals surface area contributed by atoms with Crippen LogP contribution in [0.25, 0.3) is 0 Å². The van der Waals surface area contributed by atoms with Crippen molar-refractivity contribution in [2.75, 3.05) is 11.9 Å². The van der Waals surface area contributed by atoms with Crippen LogP contribution in [0.15, 0.2) is 36.5 Å². The van der Waals surface area contributed by atoms with Gasteiger partial charge in [-0.1, -0.05) is 13.8 Å². The van der Waals surface area contributed by atoms with Crippen LogP contribution in [-0.4, -0.2) is 17.4 Å². The van der Waals surface area contributed by atoms with Crippen LogP contribution in [0.5, 0.6) is 0 Å². The Morgan fingerprint density at radius 3 is 2.59 bits per heavy atom. The molecule has 4 nitrogen and oxygen atoms in total. The first-order valence-corrected chi connectivity index (χ1v) is 6.92. The number of pyridine rings is 1. The van der Waals surface area contributed by atoms with Gasteiger partial charge >= 0.3 is 0 Å². The Morgan fingerprint density at radius 1 is 1.23 bits per heavy atom. The van der Waals surface area contributed by atoms with Crippen LogP contribution >= 0.6 is 0 Å². The largest absolute Gasteiger partial charge is 0.352 e. The number of hydrogen-bond donors (Lipinski definition) is 2. The summed E-state index contributed by atoms with van der Waals surface area (Å²) in [5.74, 6) is -1.24. The minimum absolute atomic E-state index is 0.139. The quantitative estimate of drug-likeness (QED) is 0.889. The Balaban J connectivity index is 2.04. The summed E-state index contributed by atoms with van der Waals surface area (Å²) in [4.78, 5) is 15.8. The van der Waals surface area contributed by atoms with E-state index in [-0.39, 0.29) is 17.3 Å². The molecule has 0 aliphatic rings. The van der Waals surface area contributed by atoms with Crippen LogP contribution in [0.2, 0.25) is 0 Å². The summed E-state index contributed by atoms with van der Waals surface area (Å²) in [6.45, 7) is 4.57. The molecule has 0 radical (unpaired) electrons. The van der Waals surface area contributed by atoms with E-state index in [9.17, 15) is 13.6 Å². The molecule has 0 bridgehead atoms. The van der Waals surface area contributed by atoms with Gasteiger partial charge in [-0.15, -0.1) is 0 Å². The monoisotopic (exact) mass is 305 g/mol. The summed E-state index contributed by atoms with van der Waals surface area (Å²) in [6.07, 6.45) is 1.42. The Morgan fingerprint density at radius 2 is 2.00 bits per heavy atom. The molecule has 0 spiro atoms. The van der Waals surface area contributed by atoms with Crippen molar-refractivity contribution in [3.8, 4) is 0 Å². The van der Waals surface area contributed by atoms with Gasteiger partial charge in [0.25, 0.3) is 5.91 Å². The Labute approximate surface area is 127 Å². The van der Waals surface area contributed by atoms with Gasteiger partial charge in [0, 0.05) is 12.6 Å². The second kappa shape index (κ2) is 6.98. The number of nitrogens with one attached hydrogen (secondary N) is 2. The molecule has 2 N–H and O–H groups in total. The normalized spacial score (nSPS) is 10.6. The molecule has 1 aromatic carbocycles. The van der Waals surface area contributed by atoms with Gasteiger partial charge in [0.05, 0.1) is 17.6 Å². The third-order valence-electron chi connectivity index (χ3n) is 2.88. The number of hydrogen-bond acceptors (Lipinski definition) is 3. The van der Waals surface area contributed by atoms with Crippen LogP contribution in [0.3, 0.4) is 0 Å². The summed E-state index contributed by atoms with van der Waals surface area (Å²) >= 11 is 0. The molecule has 0 unspecified atom stereocenters. The number of anilines is 2. The predicted octanol–water partition coefficient (Wildman–Crippen LogP) is 3.49. The first kappa shape index (κ1) is 15.9. The maximum absolute atomic E-state index is 13.5. The van der Waals surface area contributed by atoms with Crippen molar-refractivity contribution in [2.24, 2.45) is 5.92 Å². The highest BCUT2D eigenvalue weighted by atomic mass is 19.1. The second-order valence-corrected chi connectivity index (χ2v) is 5.29. The lowest BCUT2D eigenvalue weighted by Crippen LogP contribution is -2.27. The van der Waals surface area contributed by atoms with E-state index in [1.165, 1.54) is 12.3 Å². The van der Waals surface area contributed by atoms with Crippen molar-refractivity contribution >= 4 is 17.3 Å². The zero-order valence-corrected chi connectivity index (χ0v) is 12.4. The van der Waals surface area contributed by atoms with E-state index < -0.39 is 11.6 Å². The number of aromatic nitrogens is 1. The average molecular weight is 305 g/mol. The van der Waals surface area contributed by atoms with Crippen molar-refractivity contribution in [3.05, 3.63) is 53.9 Å². The minimum Gasteiger partial charge on any atom is -0.352 e. The molecule has 0 atom stereocenters. The van der Waals surface area contributed by atoms with Gasteiger partial charge in [0.1, 0.15) is 17.3 Å². The summed E-state index contributed by atoms with van der Waals surface area (Å²) < 4.78 is 26.4. The molecule has 0 aliphatic carbocycles. The van der Waals surface area contributed by atoms with E-state index in [2.05, 4.69) is 15.6 Å². The van der Waals surface area contributed by atoms with E-state index >= 15 is 0 Å². The van der Waals surface area contributed by atoms with Gasteiger partial charge in [-0.2, -0.15) is 0 Å². The van der Waals surface area contributed by atoms with Crippen LogP contribution < -0.4 is 10.6 Å². The maximum Gasteiger partial charge on any atom is 0.269 e. The fraction of sp³-hybridized carbons (Fsp3) is 0.250. The number of carbonyl (C=O) groups excluding carboxylic acids is 1. The molecule has 0 fully saturated rings. The number of nitrogens with zero attached hydrogens (tertiary/aromatic N) is 1. The predicted molar refractivity (Wildman–Crippen MR) is 81.0 cm³/mol. The van der Waals surface area contributed by atoms with Gasteiger partial charge in [0.15, 0.2) is 0 Å². The standard InChI is InChI=1S/C16H17F2N3O/c1-10(2)8-20-16(22)15-6-4-12(9-19-15)21-14-5-3-11(17)7-13(14)18/h3-7,9-10,21H,8H2,1-2H3,(H,20,22). The molecule has 1 aromatic heterocycles. The van der Waals surface area contributed by atoms with Crippen LogP contribution in [0.1, 0.15) is 24.3 Å². The van der Waals surface area contributed by atoms with Crippen LogP contribution in [0.4, 0.5) is 20.2 Å². The minimum atomic E-state index is -0.696. The molecular weight excluding hydrogens is 288 g/mol. The van der Waals surface area contributed by atoms with E-state index in [4.69, 9.17) is 0 Å². The lowest BCUT2D eigenvalue weighted by molar-refractivity contribution is 0.0944. The molecular formula is C16H17F2N3O. The zero-order chi connectivity index (χ0) is 16.1. The highest BCUT2D eigenvalue weighted by Crippen LogP contribution is 2.20. The fourth-order valence-electron chi connectivity index (χ4n) is 1.74. The Hall–Kier alpha value is -2.50. The molecule has 22 heavy (non-hydrogen) atoms. The smallest absolute Gasteiger partial charge is 0.269 e. The molecule has 1 heterocycles. The SMILES string of the molecule is CC(C)CNC(=O)c1ccc(Nc2ccc(F)cc2F)cn1. The van der Waals surface area contributed by atoms with Crippen molar-refractivity contribution in [1.82, 2.24) is 10.3 Å². The van der Waals surface area contributed by atoms with E-state index in [1.807, 2.05) is 13.8 Å². The number of benzene rings is 1. The molecule has 2 rings (SSSR count). The van der Waals surface area contributed by atoms with Crippen molar-refractivity contribution in [3.63, 3.8) is 0 Å². The first-order valence-electron chi connectivity index (χ1n) is 6.92. The molecule has 0 aliphatic heterocycles. The molecule has 1 amide bonds. The Kier molecular flexibility index (Phi) is 5.04. The number of carbonyl (C=O) groups is 1. The highest BCUT2D eigenvalue weighted by molar-refractivity contribution is 5.92. The topological polar surface area (TPSA) is 54.0 Å². The lowest BCUT2D eigenvalue weighted by atomic mass is 10.2. The number of rotatable bonds is 5. The first-order chi connectivity index (χ1) is 10.5. The Bertz CT molecular complexity index is 657. The maximum atomic E-state index is 13.5. The van der Waals surface area contributed by atoms with E-state index in [0.29, 0.717) is 18.2 Å². The molecule has 116 valence electrons. The third kappa shape index (κ3) is 4.25. The molecule has 6 heteroatoms. The van der Waals surface area contributed by atoms with Gasteiger partial charge in [-0.05, 0) is 30.2 Å². The summed E-state index contributed by atoms with van der Waals surface area (Å²) in [5, 5.41) is 5.54. The molecule has 2 aromatic rings. The fourth-order valence-corrected chi connectivity index (χ4v) is 1.74.